The molecule has 2 amide bonds. The van der Waals surface area contributed by atoms with Crippen molar-refractivity contribution in [3.05, 3.63) is 77.4 Å². The summed E-state index contributed by atoms with van der Waals surface area (Å²) >= 11 is 0. The maximum absolute atomic E-state index is 13.5. The van der Waals surface area contributed by atoms with Gasteiger partial charge in [-0.05, 0) is 49.4 Å². The number of benzene rings is 2. The normalized spacial score (nSPS) is 20.5. The summed E-state index contributed by atoms with van der Waals surface area (Å²) in [4.78, 5) is 24.9. The average Bonchev–Trinajstić information content (AvgIpc) is 2.68. The topological polar surface area (TPSA) is 96.2 Å². The van der Waals surface area contributed by atoms with Crippen LogP contribution in [-0.2, 0) is 9.59 Å². The van der Waals surface area contributed by atoms with Crippen LogP contribution in [0, 0.1) is 11.7 Å². The van der Waals surface area contributed by atoms with Gasteiger partial charge in [0.25, 0.3) is 0 Å². The van der Waals surface area contributed by atoms with E-state index in [0.29, 0.717) is 11.4 Å². The number of nitrogens with one attached hydrogen (secondary N) is 3. The number of amides is 2. The van der Waals surface area contributed by atoms with Crippen molar-refractivity contribution in [1.29, 1.82) is 0 Å². The molecule has 1 aliphatic rings. The number of hydrogen-bond acceptors (Lipinski definition) is 4. The molecule has 6 nitrogen and oxygen atoms in total. The Morgan fingerprint density at radius 2 is 1.79 bits per heavy atom. The van der Waals surface area contributed by atoms with E-state index in [1.54, 1.807) is 19.2 Å². The lowest BCUT2D eigenvalue weighted by Crippen LogP contribution is -2.50. The molecule has 28 heavy (non-hydrogen) atoms. The minimum Gasteiger partial charge on any atom is -0.369 e. The Hall–Kier alpha value is -3.19. The van der Waals surface area contributed by atoms with Gasteiger partial charge in [-0.15, -0.1) is 0 Å². The number of carbonyl (C=O) groups is 2. The summed E-state index contributed by atoms with van der Waals surface area (Å²) in [5, 5.41) is 9.18. The molecular weight excluding hydrogens is 359 g/mol. The van der Waals surface area contributed by atoms with E-state index in [0.717, 1.165) is 11.3 Å². The Labute approximate surface area is 163 Å². The third kappa shape index (κ3) is 3.89. The van der Waals surface area contributed by atoms with Crippen molar-refractivity contribution < 1.29 is 14.0 Å². The van der Waals surface area contributed by atoms with Crippen molar-refractivity contribution in [2.45, 2.75) is 18.9 Å². The highest BCUT2D eigenvalue weighted by Crippen LogP contribution is 2.39. The fraction of sp³-hybridized carbons (Fsp3) is 0.238. The third-order valence-corrected chi connectivity index (χ3v) is 4.97. The SMILES string of the molecule is CNC(C)C1=C(Nc2ccccc2)NC(=O)C(C(N)=O)C1c1ccc(F)cc1. The highest BCUT2D eigenvalue weighted by molar-refractivity contribution is 6.03. The van der Waals surface area contributed by atoms with Gasteiger partial charge in [-0.2, -0.15) is 0 Å². The number of carbonyl (C=O) groups excluding carboxylic acids is 2. The first-order valence-electron chi connectivity index (χ1n) is 9.01. The number of nitrogens with two attached hydrogens (primary N) is 1. The minimum atomic E-state index is -1.10. The smallest absolute Gasteiger partial charge is 0.239 e. The Kier molecular flexibility index (Phi) is 5.75. The fourth-order valence-electron chi connectivity index (χ4n) is 3.51. The van der Waals surface area contributed by atoms with Gasteiger partial charge in [-0.3, -0.25) is 9.59 Å². The van der Waals surface area contributed by atoms with Crippen molar-refractivity contribution in [2.75, 3.05) is 12.4 Å². The van der Waals surface area contributed by atoms with Gasteiger partial charge < -0.3 is 21.7 Å². The maximum Gasteiger partial charge on any atom is 0.239 e. The molecule has 0 fully saturated rings. The second-order valence-electron chi connectivity index (χ2n) is 6.73. The lowest BCUT2D eigenvalue weighted by Gasteiger charge is -2.37. The van der Waals surface area contributed by atoms with Gasteiger partial charge in [0.05, 0.1) is 0 Å². The molecule has 7 heteroatoms. The van der Waals surface area contributed by atoms with Gasteiger partial charge in [-0.1, -0.05) is 30.3 Å². The summed E-state index contributed by atoms with van der Waals surface area (Å²) in [7, 11) is 1.79. The largest absolute Gasteiger partial charge is 0.369 e. The summed E-state index contributed by atoms with van der Waals surface area (Å²) < 4.78 is 13.5. The zero-order valence-electron chi connectivity index (χ0n) is 15.7. The van der Waals surface area contributed by atoms with Crippen LogP contribution in [0.2, 0.25) is 0 Å². The lowest BCUT2D eigenvalue weighted by atomic mass is 9.75. The monoisotopic (exact) mass is 382 g/mol. The van der Waals surface area contributed by atoms with E-state index in [-0.39, 0.29) is 6.04 Å². The van der Waals surface area contributed by atoms with Crippen LogP contribution in [0.25, 0.3) is 0 Å². The molecule has 2 aromatic carbocycles. The molecule has 146 valence electrons. The molecule has 1 aliphatic heterocycles. The number of likely N-dealkylation sites (N-methyl/N-ethyl adjacent to an activating group) is 1. The van der Waals surface area contributed by atoms with Crippen LogP contribution >= 0.6 is 0 Å². The number of para-hydroxylation sites is 1. The summed E-state index contributed by atoms with van der Waals surface area (Å²) in [6, 6.07) is 15.0. The quantitative estimate of drug-likeness (QED) is 0.575. The predicted molar refractivity (Wildman–Crippen MR) is 106 cm³/mol. The Morgan fingerprint density at radius 3 is 2.36 bits per heavy atom. The molecule has 2 aromatic rings. The van der Waals surface area contributed by atoms with Crippen LogP contribution in [0.5, 0.6) is 0 Å². The fourth-order valence-corrected chi connectivity index (χ4v) is 3.51. The first kappa shape index (κ1) is 19.6. The Balaban J connectivity index is 2.17. The summed E-state index contributed by atoms with van der Waals surface area (Å²) in [5.41, 5.74) is 7.77. The number of anilines is 1. The van der Waals surface area contributed by atoms with E-state index in [9.17, 15) is 14.0 Å². The Morgan fingerprint density at radius 1 is 1.14 bits per heavy atom. The molecule has 0 spiro atoms. The molecular formula is C21H23FN4O2. The molecule has 0 aliphatic carbocycles. The van der Waals surface area contributed by atoms with Crippen LogP contribution in [0.4, 0.5) is 10.1 Å². The van der Waals surface area contributed by atoms with Crippen molar-refractivity contribution in [2.24, 2.45) is 11.7 Å². The summed E-state index contributed by atoms with van der Waals surface area (Å²) in [6.45, 7) is 1.92. The minimum absolute atomic E-state index is 0.191. The van der Waals surface area contributed by atoms with E-state index in [1.165, 1.54) is 12.1 Å². The van der Waals surface area contributed by atoms with E-state index >= 15 is 0 Å². The molecule has 1 heterocycles. The zero-order chi connectivity index (χ0) is 20.3. The molecule has 0 saturated carbocycles. The van der Waals surface area contributed by atoms with E-state index < -0.39 is 29.5 Å². The van der Waals surface area contributed by atoms with E-state index in [2.05, 4.69) is 16.0 Å². The molecule has 0 aromatic heterocycles. The second-order valence-corrected chi connectivity index (χ2v) is 6.73. The second kappa shape index (κ2) is 8.22. The molecule has 3 rings (SSSR count). The summed E-state index contributed by atoms with van der Waals surface area (Å²) in [5.74, 6) is -2.85. The van der Waals surface area contributed by atoms with Crippen molar-refractivity contribution in [3.8, 4) is 0 Å². The van der Waals surface area contributed by atoms with E-state index in [4.69, 9.17) is 5.73 Å². The van der Waals surface area contributed by atoms with E-state index in [1.807, 2.05) is 37.3 Å². The first-order chi connectivity index (χ1) is 13.4. The average molecular weight is 382 g/mol. The van der Waals surface area contributed by atoms with Crippen LogP contribution in [0.3, 0.4) is 0 Å². The van der Waals surface area contributed by atoms with Crippen LogP contribution in [-0.4, -0.2) is 24.9 Å². The van der Waals surface area contributed by atoms with Crippen molar-refractivity contribution in [1.82, 2.24) is 10.6 Å². The Bertz CT molecular complexity index is 896. The predicted octanol–water partition coefficient (Wildman–Crippen LogP) is 2.07. The van der Waals surface area contributed by atoms with Crippen LogP contribution in [0.15, 0.2) is 66.0 Å². The van der Waals surface area contributed by atoms with Gasteiger partial charge in [-0.25, -0.2) is 4.39 Å². The molecule has 3 atom stereocenters. The van der Waals surface area contributed by atoms with Crippen molar-refractivity contribution in [3.63, 3.8) is 0 Å². The lowest BCUT2D eigenvalue weighted by molar-refractivity contribution is -0.134. The highest BCUT2D eigenvalue weighted by Gasteiger charge is 2.43. The zero-order valence-corrected chi connectivity index (χ0v) is 15.7. The number of rotatable bonds is 6. The molecule has 0 bridgehead atoms. The summed E-state index contributed by atoms with van der Waals surface area (Å²) in [6.07, 6.45) is 0. The first-order valence-corrected chi connectivity index (χ1v) is 9.01. The van der Waals surface area contributed by atoms with Crippen LogP contribution < -0.4 is 21.7 Å². The third-order valence-electron chi connectivity index (χ3n) is 4.97. The molecule has 0 radical (unpaired) electrons. The number of halogens is 1. The van der Waals surface area contributed by atoms with Gasteiger partial charge in [0.2, 0.25) is 11.8 Å². The van der Waals surface area contributed by atoms with Gasteiger partial charge in [0, 0.05) is 17.6 Å². The van der Waals surface area contributed by atoms with Gasteiger partial charge in [0.1, 0.15) is 17.6 Å². The molecule has 5 N–H and O–H groups in total. The highest BCUT2D eigenvalue weighted by atomic mass is 19.1. The number of hydrogen-bond donors (Lipinski definition) is 4. The van der Waals surface area contributed by atoms with Crippen LogP contribution in [0.1, 0.15) is 18.4 Å². The van der Waals surface area contributed by atoms with Gasteiger partial charge >= 0.3 is 0 Å². The standard InChI is InChI=1S/C21H23FN4O2/c1-12(24-2)16-17(13-8-10-14(22)11-9-13)18(19(23)27)21(28)26-20(16)25-15-6-4-3-5-7-15/h3-12,17-18,24-25H,1-2H3,(H2,23,27)(H,26,28). The molecule has 3 unspecified atom stereocenters. The maximum atomic E-state index is 13.5. The number of primary amides is 1. The van der Waals surface area contributed by atoms with Crippen molar-refractivity contribution >= 4 is 17.5 Å². The van der Waals surface area contributed by atoms with Gasteiger partial charge in [0.15, 0.2) is 0 Å². The molecule has 0 saturated heterocycles.